The van der Waals surface area contributed by atoms with Crippen molar-refractivity contribution < 1.29 is 22.8 Å². The minimum absolute atomic E-state index is 0.0408. The van der Waals surface area contributed by atoms with E-state index in [0.29, 0.717) is 35.2 Å². The summed E-state index contributed by atoms with van der Waals surface area (Å²) in [5.74, 6) is -3.38. The summed E-state index contributed by atoms with van der Waals surface area (Å²) >= 11 is 0. The maximum Gasteiger partial charge on any atom is 0.251 e. The van der Waals surface area contributed by atoms with Gasteiger partial charge in [0.25, 0.3) is 5.91 Å². The third kappa shape index (κ3) is 5.02. The lowest BCUT2D eigenvalue weighted by Crippen LogP contribution is -2.38. The molecule has 4 aromatic rings. The van der Waals surface area contributed by atoms with Gasteiger partial charge in [0.1, 0.15) is 17.5 Å². The van der Waals surface area contributed by atoms with Gasteiger partial charge in [0, 0.05) is 17.8 Å². The van der Waals surface area contributed by atoms with E-state index in [1.165, 1.54) is 30.5 Å². The molecule has 8 heteroatoms. The molecule has 2 amide bonds. The van der Waals surface area contributed by atoms with Crippen LogP contribution in [0.5, 0.6) is 0 Å². The van der Waals surface area contributed by atoms with E-state index < -0.39 is 34.8 Å². The van der Waals surface area contributed by atoms with Gasteiger partial charge in [0.15, 0.2) is 0 Å². The largest absolute Gasteiger partial charge is 0.366 e. The Bertz CT molecular complexity index is 1500. The molecule has 1 aromatic heterocycles. The Labute approximate surface area is 217 Å². The van der Waals surface area contributed by atoms with Crippen LogP contribution in [0.25, 0.3) is 11.1 Å². The van der Waals surface area contributed by atoms with Crippen molar-refractivity contribution in [2.45, 2.75) is 30.7 Å². The van der Waals surface area contributed by atoms with Gasteiger partial charge in [-0.2, -0.15) is 0 Å². The predicted molar refractivity (Wildman–Crippen MR) is 136 cm³/mol. The summed E-state index contributed by atoms with van der Waals surface area (Å²) in [6.45, 7) is 0. The molecule has 1 aliphatic carbocycles. The van der Waals surface area contributed by atoms with E-state index in [4.69, 9.17) is 5.73 Å². The number of rotatable bonds is 8. The molecule has 1 fully saturated rings. The number of halogens is 3. The second-order valence-corrected chi connectivity index (χ2v) is 9.45. The minimum Gasteiger partial charge on any atom is -0.366 e. The summed E-state index contributed by atoms with van der Waals surface area (Å²) in [7, 11) is 0. The van der Waals surface area contributed by atoms with Crippen molar-refractivity contribution in [1.29, 1.82) is 0 Å². The summed E-state index contributed by atoms with van der Waals surface area (Å²) in [6, 6.07) is 19.2. The maximum atomic E-state index is 14.2. The number of benzene rings is 3. The number of carbonyl (C=O) groups excluding carboxylic acids is 2. The monoisotopic (exact) mass is 515 g/mol. The average molecular weight is 516 g/mol. The molecular formula is C30H24F3N3O2. The quantitative estimate of drug-likeness (QED) is 0.330. The Morgan fingerprint density at radius 1 is 0.921 bits per heavy atom. The molecule has 0 spiro atoms. The molecule has 1 heterocycles. The fraction of sp³-hybridized carbons (Fsp3) is 0.167. The van der Waals surface area contributed by atoms with Crippen molar-refractivity contribution in [3.8, 4) is 11.1 Å². The Hall–Kier alpha value is -4.46. The lowest BCUT2D eigenvalue weighted by molar-refractivity contribution is -0.124. The van der Waals surface area contributed by atoms with E-state index >= 15 is 0 Å². The van der Waals surface area contributed by atoms with Gasteiger partial charge in [-0.1, -0.05) is 42.5 Å². The number of primary amides is 1. The van der Waals surface area contributed by atoms with Crippen LogP contribution in [0.4, 0.5) is 13.2 Å². The van der Waals surface area contributed by atoms with Gasteiger partial charge in [-0.25, -0.2) is 13.2 Å². The fourth-order valence-corrected chi connectivity index (χ4v) is 4.83. The highest BCUT2D eigenvalue weighted by molar-refractivity contribution is 5.94. The second kappa shape index (κ2) is 10.1. The molecule has 0 radical (unpaired) electrons. The van der Waals surface area contributed by atoms with Crippen molar-refractivity contribution in [3.05, 3.63) is 125 Å². The van der Waals surface area contributed by atoms with E-state index in [1.54, 1.807) is 12.1 Å². The van der Waals surface area contributed by atoms with Crippen molar-refractivity contribution in [2.75, 3.05) is 0 Å². The van der Waals surface area contributed by atoms with E-state index in [-0.39, 0.29) is 17.9 Å². The van der Waals surface area contributed by atoms with Crippen LogP contribution in [0.3, 0.4) is 0 Å². The first-order valence-electron chi connectivity index (χ1n) is 12.1. The number of hydrogen-bond acceptors (Lipinski definition) is 3. The SMILES string of the molecule is NC(=O)c1cc(-c2cccnc2C(Cc2cc(F)cc(F)c2)NC(=O)C2(c3ccccc3)CC2)ccc1F. The van der Waals surface area contributed by atoms with E-state index in [9.17, 15) is 22.8 Å². The first-order valence-corrected chi connectivity index (χ1v) is 12.1. The summed E-state index contributed by atoms with van der Waals surface area (Å²) in [4.78, 5) is 29.9. The Morgan fingerprint density at radius 2 is 1.63 bits per heavy atom. The molecule has 3 N–H and O–H groups in total. The zero-order chi connectivity index (χ0) is 26.9. The van der Waals surface area contributed by atoms with Crippen molar-refractivity contribution in [1.82, 2.24) is 10.3 Å². The van der Waals surface area contributed by atoms with Gasteiger partial charge in [-0.15, -0.1) is 0 Å². The minimum atomic E-state index is -0.923. The van der Waals surface area contributed by atoms with Crippen molar-refractivity contribution >= 4 is 11.8 Å². The van der Waals surface area contributed by atoms with Crippen LogP contribution in [0, 0.1) is 17.5 Å². The van der Waals surface area contributed by atoms with Crippen LogP contribution in [-0.2, 0) is 16.6 Å². The van der Waals surface area contributed by atoms with Crippen molar-refractivity contribution in [2.24, 2.45) is 5.73 Å². The standard InChI is InChI=1S/C30H24F3N3O2/c31-21-13-18(14-22(32)17-21)15-26(36-29(38)30(10-11-30)20-5-2-1-3-6-20)27-23(7-4-12-35-27)19-8-9-25(33)24(16-19)28(34)37/h1-9,12-14,16-17,26H,10-11,15H2,(H2,34,37)(H,36,38). The number of amides is 2. The molecule has 0 saturated heterocycles. The molecule has 0 aliphatic heterocycles. The first kappa shape index (κ1) is 25.2. The van der Waals surface area contributed by atoms with Gasteiger partial charge >= 0.3 is 0 Å². The summed E-state index contributed by atoms with van der Waals surface area (Å²) in [5.41, 5.74) is 6.94. The Balaban J connectivity index is 1.57. The molecule has 1 aliphatic rings. The highest BCUT2D eigenvalue weighted by Crippen LogP contribution is 2.49. The number of carbonyl (C=O) groups is 2. The van der Waals surface area contributed by atoms with Gasteiger partial charge in [-0.3, -0.25) is 14.6 Å². The summed E-state index contributed by atoms with van der Waals surface area (Å²) in [6.07, 6.45) is 2.91. The summed E-state index contributed by atoms with van der Waals surface area (Å²) in [5, 5.41) is 3.07. The fourth-order valence-electron chi connectivity index (χ4n) is 4.83. The summed E-state index contributed by atoms with van der Waals surface area (Å²) < 4.78 is 42.3. The van der Waals surface area contributed by atoms with Crippen LogP contribution in [0.15, 0.2) is 85.1 Å². The van der Waals surface area contributed by atoms with Crippen LogP contribution < -0.4 is 11.1 Å². The molecule has 5 rings (SSSR count). The second-order valence-electron chi connectivity index (χ2n) is 9.45. The van der Waals surface area contributed by atoms with Gasteiger partial charge < -0.3 is 11.1 Å². The number of hydrogen-bond donors (Lipinski definition) is 2. The Morgan fingerprint density at radius 3 is 2.29 bits per heavy atom. The van der Waals surface area contributed by atoms with Gasteiger partial charge in [-0.05, 0) is 66.3 Å². The first-order chi connectivity index (χ1) is 18.3. The zero-order valence-electron chi connectivity index (χ0n) is 20.3. The van der Waals surface area contributed by atoms with Gasteiger partial charge in [0.05, 0.1) is 22.7 Å². The van der Waals surface area contributed by atoms with Crippen LogP contribution in [0.2, 0.25) is 0 Å². The number of pyridine rings is 1. The molecule has 38 heavy (non-hydrogen) atoms. The third-order valence-electron chi connectivity index (χ3n) is 6.89. The van der Waals surface area contributed by atoms with Crippen LogP contribution >= 0.6 is 0 Å². The van der Waals surface area contributed by atoms with Crippen LogP contribution in [-0.4, -0.2) is 16.8 Å². The molecule has 1 saturated carbocycles. The molecule has 1 atom stereocenters. The Kier molecular flexibility index (Phi) is 6.72. The topological polar surface area (TPSA) is 85.1 Å². The average Bonchev–Trinajstić information content (AvgIpc) is 3.71. The smallest absolute Gasteiger partial charge is 0.251 e. The highest BCUT2D eigenvalue weighted by atomic mass is 19.1. The van der Waals surface area contributed by atoms with E-state index in [0.717, 1.165) is 17.7 Å². The van der Waals surface area contributed by atoms with E-state index in [2.05, 4.69) is 10.3 Å². The highest BCUT2D eigenvalue weighted by Gasteiger charge is 2.51. The maximum absolute atomic E-state index is 14.2. The lowest BCUT2D eigenvalue weighted by atomic mass is 9.91. The number of nitrogens with two attached hydrogens (primary N) is 1. The van der Waals surface area contributed by atoms with Gasteiger partial charge in [0.2, 0.25) is 5.91 Å². The normalized spacial score (nSPS) is 14.5. The number of nitrogens with zero attached hydrogens (tertiary/aromatic N) is 1. The zero-order valence-corrected chi connectivity index (χ0v) is 20.3. The van der Waals surface area contributed by atoms with Crippen LogP contribution in [0.1, 0.15) is 46.1 Å². The number of nitrogens with one attached hydrogen (secondary N) is 1. The molecule has 0 bridgehead atoms. The molecule has 5 nitrogen and oxygen atoms in total. The van der Waals surface area contributed by atoms with E-state index in [1.807, 2.05) is 30.3 Å². The molecule has 1 unspecified atom stereocenters. The lowest BCUT2D eigenvalue weighted by Gasteiger charge is -2.25. The number of aromatic nitrogens is 1. The molecule has 3 aromatic carbocycles. The predicted octanol–water partition coefficient (Wildman–Crippen LogP) is 5.40. The molecule has 192 valence electrons. The third-order valence-corrected chi connectivity index (χ3v) is 6.89. The van der Waals surface area contributed by atoms with Crippen molar-refractivity contribution in [3.63, 3.8) is 0 Å². The molecular weight excluding hydrogens is 491 g/mol.